The van der Waals surface area contributed by atoms with Gasteiger partial charge in [-0.3, -0.25) is 0 Å². The predicted octanol–water partition coefficient (Wildman–Crippen LogP) is 2.96. The number of carbonyl (C=O) groups is 1. The lowest BCUT2D eigenvalue weighted by Gasteiger charge is -2.03. The van der Waals surface area contributed by atoms with Crippen molar-refractivity contribution in [2.24, 2.45) is 0 Å². The first-order chi connectivity index (χ1) is 6.65. The van der Waals surface area contributed by atoms with Gasteiger partial charge >= 0.3 is 5.97 Å². The molecule has 1 rings (SSSR count). The fourth-order valence-corrected chi connectivity index (χ4v) is 1.08. The van der Waals surface area contributed by atoms with Crippen LogP contribution in [0.3, 0.4) is 0 Å². The Hall–Kier alpha value is -0.800. The summed E-state index contributed by atoms with van der Waals surface area (Å²) in [7, 11) is 0. The normalized spacial score (nSPS) is 9.93. The van der Waals surface area contributed by atoms with Crippen molar-refractivity contribution in [3.8, 4) is 0 Å². The molecule has 5 heteroatoms. The lowest BCUT2D eigenvalue weighted by atomic mass is 10.3. The van der Waals surface area contributed by atoms with Crippen LogP contribution in [0.25, 0.3) is 0 Å². The molecule has 0 radical (unpaired) electrons. The van der Waals surface area contributed by atoms with Gasteiger partial charge in [-0.25, -0.2) is 9.78 Å². The molecule has 0 aliphatic carbocycles. The van der Waals surface area contributed by atoms with Gasteiger partial charge in [-0.05, 0) is 12.5 Å². The van der Waals surface area contributed by atoms with Gasteiger partial charge in [0.2, 0.25) is 0 Å². The van der Waals surface area contributed by atoms with E-state index in [0.29, 0.717) is 12.2 Å². The van der Waals surface area contributed by atoms with Gasteiger partial charge in [0.25, 0.3) is 0 Å². The highest BCUT2D eigenvalue weighted by Gasteiger charge is 2.09. The van der Waals surface area contributed by atoms with Gasteiger partial charge in [-0.1, -0.05) is 30.1 Å². The lowest BCUT2D eigenvalue weighted by molar-refractivity contribution is 0.0504. The fraction of sp³-hybridized carbons (Fsp3) is 0.333. The predicted molar refractivity (Wildman–Crippen MR) is 54.8 cm³/mol. The van der Waals surface area contributed by atoms with Crippen LogP contribution in [-0.2, 0) is 4.74 Å². The van der Waals surface area contributed by atoms with Crippen LogP contribution in [0.2, 0.25) is 10.2 Å². The van der Waals surface area contributed by atoms with E-state index in [2.05, 4.69) is 4.98 Å². The van der Waals surface area contributed by atoms with Crippen LogP contribution in [0.15, 0.2) is 12.3 Å². The Morgan fingerprint density at radius 2 is 2.29 bits per heavy atom. The molecule has 0 saturated heterocycles. The Labute approximate surface area is 92.0 Å². The smallest absolute Gasteiger partial charge is 0.339 e. The van der Waals surface area contributed by atoms with Crippen LogP contribution in [0, 0.1) is 0 Å². The van der Waals surface area contributed by atoms with E-state index in [0.717, 1.165) is 6.42 Å². The number of pyridine rings is 1. The third kappa shape index (κ3) is 2.86. The summed E-state index contributed by atoms with van der Waals surface area (Å²) in [6.45, 7) is 2.31. The average molecular weight is 234 g/mol. The van der Waals surface area contributed by atoms with Gasteiger partial charge in [-0.15, -0.1) is 0 Å². The molecule has 1 heterocycles. The van der Waals surface area contributed by atoms with Crippen LogP contribution < -0.4 is 0 Å². The van der Waals surface area contributed by atoms with Crippen LogP contribution in [0.4, 0.5) is 0 Å². The van der Waals surface area contributed by atoms with Gasteiger partial charge in [0.05, 0.1) is 17.2 Å². The third-order valence-corrected chi connectivity index (χ3v) is 2.16. The van der Waals surface area contributed by atoms with Crippen molar-refractivity contribution in [3.05, 3.63) is 28.0 Å². The number of ether oxygens (including phenoxy) is 1. The number of halogens is 2. The minimum atomic E-state index is -0.432. The first-order valence-electron chi connectivity index (χ1n) is 4.13. The Kier molecular flexibility index (Phi) is 4.17. The number of aromatic nitrogens is 1. The number of hydrogen-bond acceptors (Lipinski definition) is 3. The van der Waals surface area contributed by atoms with E-state index in [1.807, 2.05) is 6.92 Å². The van der Waals surface area contributed by atoms with Crippen molar-refractivity contribution in [1.82, 2.24) is 4.98 Å². The zero-order valence-electron chi connectivity index (χ0n) is 7.59. The van der Waals surface area contributed by atoms with Gasteiger partial charge in [0.1, 0.15) is 5.15 Å². The van der Waals surface area contributed by atoms with Crippen LogP contribution in [-0.4, -0.2) is 17.6 Å². The number of rotatable bonds is 3. The maximum absolute atomic E-state index is 11.3. The van der Waals surface area contributed by atoms with E-state index in [1.54, 1.807) is 0 Å². The molecule has 0 spiro atoms. The summed E-state index contributed by atoms with van der Waals surface area (Å²) < 4.78 is 4.89. The van der Waals surface area contributed by atoms with Gasteiger partial charge < -0.3 is 4.74 Å². The van der Waals surface area contributed by atoms with Gasteiger partial charge in [-0.2, -0.15) is 0 Å². The Balaban J connectivity index is 2.76. The molecule has 0 unspecified atom stereocenters. The highest BCUT2D eigenvalue weighted by atomic mass is 35.5. The zero-order valence-corrected chi connectivity index (χ0v) is 9.10. The van der Waals surface area contributed by atoms with Gasteiger partial charge in [0.15, 0.2) is 0 Å². The molecule has 14 heavy (non-hydrogen) atoms. The summed E-state index contributed by atoms with van der Waals surface area (Å²) in [5.41, 5.74) is 0.313. The second-order valence-corrected chi connectivity index (χ2v) is 3.40. The molecular weight excluding hydrogens is 225 g/mol. The molecular formula is C9H9Cl2NO2. The quantitative estimate of drug-likeness (QED) is 0.596. The van der Waals surface area contributed by atoms with E-state index in [-0.39, 0.29) is 10.2 Å². The lowest BCUT2D eigenvalue weighted by Crippen LogP contribution is -2.06. The third-order valence-electron chi connectivity index (χ3n) is 1.47. The number of hydrogen-bond donors (Lipinski definition) is 0. The minimum Gasteiger partial charge on any atom is -0.462 e. The van der Waals surface area contributed by atoms with Crippen LogP contribution in [0.5, 0.6) is 0 Å². The molecule has 1 aromatic heterocycles. The van der Waals surface area contributed by atoms with Crippen molar-refractivity contribution in [1.29, 1.82) is 0 Å². The summed E-state index contributed by atoms with van der Waals surface area (Å²) >= 11 is 11.3. The minimum absolute atomic E-state index is 0.179. The summed E-state index contributed by atoms with van der Waals surface area (Å²) in [5.74, 6) is -0.432. The van der Waals surface area contributed by atoms with E-state index in [4.69, 9.17) is 27.9 Å². The molecule has 1 aromatic rings. The standard InChI is InChI=1S/C9H9Cl2NO2/c1-2-3-14-9(13)6-4-7(10)8(11)12-5-6/h4-5H,2-3H2,1H3. The van der Waals surface area contributed by atoms with Gasteiger partial charge in [0, 0.05) is 6.20 Å². The molecule has 0 aromatic carbocycles. The molecule has 0 fully saturated rings. The summed E-state index contributed by atoms with van der Waals surface area (Å²) in [5, 5.41) is 0.427. The molecule has 0 aliphatic rings. The maximum Gasteiger partial charge on any atom is 0.339 e. The van der Waals surface area contributed by atoms with Crippen molar-refractivity contribution in [2.75, 3.05) is 6.61 Å². The molecule has 0 bridgehead atoms. The summed E-state index contributed by atoms with van der Waals surface area (Å²) in [6.07, 6.45) is 2.12. The average Bonchev–Trinajstić information content (AvgIpc) is 2.18. The SMILES string of the molecule is CCCOC(=O)c1cnc(Cl)c(Cl)c1. The molecule has 76 valence electrons. The Morgan fingerprint density at radius 1 is 1.57 bits per heavy atom. The molecule has 3 nitrogen and oxygen atoms in total. The number of nitrogens with zero attached hydrogens (tertiary/aromatic N) is 1. The first-order valence-corrected chi connectivity index (χ1v) is 4.89. The van der Waals surface area contributed by atoms with Crippen molar-refractivity contribution < 1.29 is 9.53 Å². The van der Waals surface area contributed by atoms with E-state index in [9.17, 15) is 4.79 Å². The maximum atomic E-state index is 11.3. The molecule has 0 atom stereocenters. The Bertz CT molecular complexity index is 342. The molecule has 0 amide bonds. The second-order valence-electron chi connectivity index (χ2n) is 2.63. The molecule has 0 aliphatic heterocycles. The monoisotopic (exact) mass is 233 g/mol. The van der Waals surface area contributed by atoms with E-state index in [1.165, 1.54) is 12.3 Å². The molecule has 0 saturated carbocycles. The van der Waals surface area contributed by atoms with Crippen molar-refractivity contribution in [2.45, 2.75) is 13.3 Å². The van der Waals surface area contributed by atoms with E-state index >= 15 is 0 Å². The van der Waals surface area contributed by atoms with E-state index < -0.39 is 5.97 Å². The van der Waals surface area contributed by atoms with Crippen molar-refractivity contribution >= 4 is 29.2 Å². The summed E-state index contributed by atoms with van der Waals surface area (Å²) in [4.78, 5) is 15.0. The summed E-state index contributed by atoms with van der Waals surface area (Å²) in [6, 6.07) is 1.44. The number of esters is 1. The zero-order chi connectivity index (χ0) is 10.6. The van der Waals surface area contributed by atoms with Crippen molar-refractivity contribution in [3.63, 3.8) is 0 Å². The van der Waals surface area contributed by atoms with Crippen LogP contribution in [0.1, 0.15) is 23.7 Å². The molecule has 0 N–H and O–H groups in total. The highest BCUT2D eigenvalue weighted by molar-refractivity contribution is 6.41. The topological polar surface area (TPSA) is 39.2 Å². The fourth-order valence-electron chi connectivity index (χ4n) is 0.811. The second kappa shape index (κ2) is 5.17. The number of carbonyl (C=O) groups excluding carboxylic acids is 1. The Morgan fingerprint density at radius 3 is 2.86 bits per heavy atom. The highest BCUT2D eigenvalue weighted by Crippen LogP contribution is 2.19. The largest absolute Gasteiger partial charge is 0.462 e. The first kappa shape index (κ1) is 11.3. The van der Waals surface area contributed by atoms with Crippen LogP contribution >= 0.6 is 23.2 Å².